The smallest absolute Gasteiger partial charge is 0.263 e. The Morgan fingerprint density at radius 2 is 1.91 bits per heavy atom. The molecule has 0 spiro atoms. The van der Waals surface area contributed by atoms with Crippen LogP contribution in [0.15, 0.2) is 45.9 Å². The minimum Gasteiger partial charge on any atom is -0.497 e. The van der Waals surface area contributed by atoms with Crippen molar-refractivity contribution in [3.05, 3.63) is 63.9 Å². The van der Waals surface area contributed by atoms with Crippen LogP contribution in [-0.4, -0.2) is 37.8 Å². The van der Waals surface area contributed by atoms with E-state index in [2.05, 4.69) is 20.8 Å². The first kappa shape index (κ1) is 23.9. The number of nitrogen functional groups attached to an aromatic ring is 1. The van der Waals surface area contributed by atoms with Crippen LogP contribution in [0, 0.1) is 13.8 Å². The number of methoxy groups -OCH3 is 1. The number of nitrogens with two attached hydrogens (primary N) is 1. The van der Waals surface area contributed by atoms with Crippen LogP contribution in [0.1, 0.15) is 27.2 Å². The van der Waals surface area contributed by atoms with Crippen molar-refractivity contribution < 1.29 is 18.8 Å². The first-order valence-corrected chi connectivity index (χ1v) is 10.1. The van der Waals surface area contributed by atoms with Crippen LogP contribution in [0.5, 0.6) is 5.75 Å². The fourth-order valence-corrected chi connectivity index (χ4v) is 3.36. The number of amides is 2. The van der Waals surface area contributed by atoms with E-state index in [9.17, 15) is 9.59 Å². The molecule has 11 heteroatoms. The van der Waals surface area contributed by atoms with Crippen LogP contribution in [0.25, 0.3) is 11.3 Å². The van der Waals surface area contributed by atoms with Gasteiger partial charge in [0, 0.05) is 5.56 Å². The summed E-state index contributed by atoms with van der Waals surface area (Å²) in [7, 11) is 6.80. The number of halogens is 1. The molecular weight excluding hydrogens is 445 g/mol. The second-order valence-corrected chi connectivity index (χ2v) is 7.51. The molecule has 0 unspecified atom stereocenters. The number of hydrogen-bond acceptors (Lipinski definition) is 7. The lowest BCUT2D eigenvalue weighted by molar-refractivity contribution is 0.0975. The molecule has 1 aromatic heterocycles. The lowest BCUT2D eigenvalue weighted by atomic mass is 10.1. The molecule has 0 aliphatic rings. The van der Waals surface area contributed by atoms with Crippen LogP contribution < -0.4 is 21.1 Å². The number of ether oxygens (including phenoxy) is 1. The van der Waals surface area contributed by atoms with E-state index in [1.54, 1.807) is 50.4 Å². The third-order valence-electron chi connectivity index (χ3n) is 4.74. The maximum atomic E-state index is 13.1. The van der Waals surface area contributed by atoms with E-state index in [1.807, 2.05) is 6.92 Å². The number of nitrogens with zero attached hydrogens (tertiary/aromatic N) is 2. The first-order chi connectivity index (χ1) is 15.7. The van der Waals surface area contributed by atoms with Gasteiger partial charge < -0.3 is 20.3 Å². The van der Waals surface area contributed by atoms with E-state index in [0.29, 0.717) is 27.7 Å². The Balaban J connectivity index is 1.87. The van der Waals surface area contributed by atoms with E-state index < -0.39 is 11.7 Å². The molecule has 4 N–H and O–H groups in total. The monoisotopic (exact) mass is 465 g/mol. The van der Waals surface area contributed by atoms with E-state index in [4.69, 9.17) is 34.4 Å². The van der Waals surface area contributed by atoms with Gasteiger partial charge in [0.2, 0.25) is 13.8 Å². The number of aromatic nitrogens is 1. The van der Waals surface area contributed by atoms with Crippen molar-refractivity contribution in [2.45, 2.75) is 20.4 Å². The van der Waals surface area contributed by atoms with Crippen LogP contribution in [0.3, 0.4) is 0 Å². The number of anilines is 1. The van der Waals surface area contributed by atoms with E-state index >= 15 is 0 Å². The molecule has 33 heavy (non-hydrogen) atoms. The third-order valence-corrected chi connectivity index (χ3v) is 5.06. The second kappa shape index (κ2) is 10.2. The molecule has 0 saturated carbocycles. The highest BCUT2D eigenvalue weighted by atomic mass is 35.5. The van der Waals surface area contributed by atoms with Crippen LogP contribution in [0.2, 0.25) is 5.02 Å². The summed E-state index contributed by atoms with van der Waals surface area (Å²) in [5.41, 5.74) is 9.00. The van der Waals surface area contributed by atoms with E-state index in [-0.39, 0.29) is 23.8 Å². The van der Waals surface area contributed by atoms with Gasteiger partial charge in [-0.3, -0.25) is 14.9 Å². The van der Waals surface area contributed by atoms with Gasteiger partial charge in [-0.15, -0.1) is 0 Å². The highest BCUT2D eigenvalue weighted by Crippen LogP contribution is 2.27. The molecule has 0 atom stereocenters. The Labute approximate surface area is 196 Å². The van der Waals surface area contributed by atoms with Crippen LogP contribution in [0.4, 0.5) is 10.5 Å². The predicted molar refractivity (Wildman–Crippen MR) is 127 cm³/mol. The molecule has 2 amide bonds. The molecule has 0 saturated heterocycles. The van der Waals surface area contributed by atoms with E-state index in [1.165, 1.54) is 0 Å². The molecular formula is C22H21BClN5O4. The number of carbonyl (C=O) groups is 2. The largest absolute Gasteiger partial charge is 0.497 e. The van der Waals surface area contributed by atoms with Crippen molar-refractivity contribution in [2.24, 2.45) is 4.99 Å². The minimum atomic E-state index is -0.891. The quantitative estimate of drug-likeness (QED) is 0.229. The van der Waals surface area contributed by atoms with Crippen molar-refractivity contribution in [3.63, 3.8) is 0 Å². The van der Waals surface area contributed by atoms with Crippen molar-refractivity contribution in [3.8, 4) is 17.0 Å². The molecule has 0 fully saturated rings. The number of rotatable bonds is 5. The lowest BCUT2D eigenvalue weighted by Gasteiger charge is -2.11. The van der Waals surface area contributed by atoms with Gasteiger partial charge in [0.25, 0.3) is 5.91 Å². The zero-order chi connectivity index (χ0) is 24.1. The number of aliphatic imine (C=N–C) groups is 1. The fourth-order valence-electron chi connectivity index (χ4n) is 3.07. The Morgan fingerprint density at radius 1 is 1.21 bits per heavy atom. The summed E-state index contributed by atoms with van der Waals surface area (Å²) in [6, 6.07) is 10.4. The summed E-state index contributed by atoms with van der Waals surface area (Å²) < 4.78 is 10.4. The van der Waals surface area contributed by atoms with Gasteiger partial charge in [-0.25, -0.2) is 4.99 Å². The van der Waals surface area contributed by atoms with Gasteiger partial charge in [-0.05, 0) is 55.3 Å². The number of guanidine groups is 1. The summed E-state index contributed by atoms with van der Waals surface area (Å²) in [5.74, 6) is -0.670. The summed E-state index contributed by atoms with van der Waals surface area (Å²) in [6.45, 7) is 3.52. The maximum Gasteiger partial charge on any atom is 0.263 e. The molecule has 168 valence electrons. The van der Waals surface area contributed by atoms with Gasteiger partial charge in [0.15, 0.2) is 5.81 Å². The predicted octanol–water partition coefficient (Wildman–Crippen LogP) is 3.37. The Bertz CT molecular complexity index is 1200. The van der Waals surface area contributed by atoms with Crippen molar-refractivity contribution in [1.29, 1.82) is 0 Å². The standard InChI is InChI=1S/C22H21BClN5O4/c1-11-8-13(9-16(24)18(11)25)10-26-22(28-21(23)31)27-20(30)17-12(2)33-29-19(17)14-4-6-15(32-3)7-5-14/h4-9H,10,25H2,1-3H3,(H2,26,27,28,30,31). The number of aryl methyl sites for hydroxylation is 2. The highest BCUT2D eigenvalue weighted by molar-refractivity contribution is 6.58. The average molecular weight is 466 g/mol. The first-order valence-electron chi connectivity index (χ1n) is 9.77. The van der Waals surface area contributed by atoms with Gasteiger partial charge in [-0.2, -0.15) is 0 Å². The Morgan fingerprint density at radius 3 is 2.52 bits per heavy atom. The Kier molecular flexibility index (Phi) is 7.39. The summed E-state index contributed by atoms with van der Waals surface area (Å²) in [4.78, 5) is 28.8. The molecule has 2 aromatic carbocycles. The number of nitrogens with one attached hydrogen (secondary N) is 2. The summed E-state index contributed by atoms with van der Waals surface area (Å²) >= 11 is 6.12. The zero-order valence-electron chi connectivity index (χ0n) is 18.2. The second-order valence-electron chi connectivity index (χ2n) is 7.11. The zero-order valence-corrected chi connectivity index (χ0v) is 19.0. The molecule has 0 aliphatic carbocycles. The molecule has 1 heterocycles. The third kappa shape index (κ3) is 5.72. The number of hydrogen-bond donors (Lipinski definition) is 3. The van der Waals surface area contributed by atoms with Crippen molar-refractivity contribution in [1.82, 2.24) is 15.8 Å². The number of carbonyl (C=O) groups excluding carboxylic acids is 2. The minimum absolute atomic E-state index is 0.102. The number of benzene rings is 2. The summed E-state index contributed by atoms with van der Waals surface area (Å²) in [5, 5.41) is 9.24. The van der Waals surface area contributed by atoms with Crippen LogP contribution in [-0.2, 0) is 6.54 Å². The SMILES string of the molecule is [B]C(=O)NC(=NCc1cc(C)c(N)c(Cl)c1)NC(=O)c1c(-c2ccc(OC)cc2)noc1C. The highest BCUT2D eigenvalue weighted by Gasteiger charge is 2.23. The fraction of sp³-hybridized carbons (Fsp3) is 0.182. The van der Waals surface area contributed by atoms with Gasteiger partial charge >= 0.3 is 0 Å². The van der Waals surface area contributed by atoms with Crippen LogP contribution >= 0.6 is 11.6 Å². The topological polar surface area (TPSA) is 132 Å². The maximum absolute atomic E-state index is 13.1. The van der Waals surface area contributed by atoms with Gasteiger partial charge in [0.1, 0.15) is 22.8 Å². The normalized spacial score (nSPS) is 11.2. The average Bonchev–Trinajstić information content (AvgIpc) is 3.16. The molecule has 0 bridgehead atoms. The van der Waals surface area contributed by atoms with Gasteiger partial charge in [-0.1, -0.05) is 22.8 Å². The molecule has 3 aromatic rings. The van der Waals surface area contributed by atoms with Crippen molar-refractivity contribution in [2.75, 3.05) is 12.8 Å². The molecule has 3 rings (SSSR count). The Hall–Kier alpha value is -3.79. The van der Waals surface area contributed by atoms with Crippen molar-refractivity contribution >= 4 is 42.8 Å². The van der Waals surface area contributed by atoms with Gasteiger partial charge in [0.05, 0.1) is 24.4 Å². The molecule has 0 aliphatic heterocycles. The molecule has 2 radical (unpaired) electrons. The molecule has 9 nitrogen and oxygen atoms in total. The summed E-state index contributed by atoms with van der Waals surface area (Å²) in [6.07, 6.45) is 0. The van der Waals surface area contributed by atoms with E-state index in [0.717, 1.165) is 11.1 Å². The lowest BCUT2D eigenvalue weighted by Crippen LogP contribution is -2.43.